The van der Waals surface area contributed by atoms with Crippen LogP contribution in [0.15, 0.2) is 30.5 Å². The molecule has 6 nitrogen and oxygen atoms in total. The highest BCUT2D eigenvalue weighted by Gasteiger charge is 2.29. The molecule has 1 unspecified atom stereocenters. The van der Waals surface area contributed by atoms with Crippen LogP contribution in [0.2, 0.25) is 0 Å². The normalized spacial score (nSPS) is 18.4. The lowest BCUT2D eigenvalue weighted by molar-refractivity contribution is -0.136. The smallest absolute Gasteiger partial charge is 0.244 e. The molecule has 116 valence electrons. The molecular weight excluding hydrogens is 278 g/mol. The summed E-state index contributed by atoms with van der Waals surface area (Å²) >= 11 is 0. The Hall–Kier alpha value is -2.37. The van der Waals surface area contributed by atoms with Crippen LogP contribution in [0.4, 0.5) is 5.82 Å². The molecule has 2 aromatic rings. The van der Waals surface area contributed by atoms with Crippen LogP contribution in [0.25, 0.3) is 0 Å². The number of nitrogen functional groups attached to an aromatic ring is 1. The molecule has 6 heteroatoms. The summed E-state index contributed by atoms with van der Waals surface area (Å²) in [7, 11) is 0. The highest BCUT2D eigenvalue weighted by molar-refractivity contribution is 5.77. The number of carbonyl (C=O) groups excluding carboxylic acids is 1. The first-order chi connectivity index (χ1) is 10.6. The fourth-order valence-electron chi connectivity index (χ4n) is 3.02. The van der Waals surface area contributed by atoms with Crippen LogP contribution in [0.1, 0.15) is 36.7 Å². The van der Waals surface area contributed by atoms with E-state index < -0.39 is 0 Å². The highest BCUT2D eigenvalue weighted by atomic mass is 16.2. The molecule has 1 fully saturated rings. The molecule has 1 atom stereocenters. The highest BCUT2D eigenvalue weighted by Crippen LogP contribution is 2.29. The Morgan fingerprint density at radius 2 is 2.27 bits per heavy atom. The molecule has 1 aliphatic rings. The Morgan fingerprint density at radius 3 is 2.95 bits per heavy atom. The Kier molecular flexibility index (Phi) is 4.09. The first-order valence-corrected chi connectivity index (χ1v) is 7.65. The maximum atomic E-state index is 12.7. The minimum absolute atomic E-state index is 0.0464. The number of rotatable bonds is 3. The van der Waals surface area contributed by atoms with Gasteiger partial charge in [-0.25, -0.2) is 4.68 Å². The number of likely N-dealkylation sites (tertiary alicyclic amines) is 1. The third-order valence-electron chi connectivity index (χ3n) is 4.07. The number of hydrogen-bond donors (Lipinski definition) is 1. The second kappa shape index (κ2) is 6.17. The molecule has 22 heavy (non-hydrogen) atoms. The quantitative estimate of drug-likeness (QED) is 0.939. The van der Waals surface area contributed by atoms with Crippen molar-refractivity contribution in [1.82, 2.24) is 19.7 Å². The summed E-state index contributed by atoms with van der Waals surface area (Å²) in [5, 5.41) is 4.27. The van der Waals surface area contributed by atoms with Gasteiger partial charge in [-0.05, 0) is 38.3 Å². The van der Waals surface area contributed by atoms with Crippen molar-refractivity contribution >= 4 is 11.7 Å². The Bertz CT molecular complexity index is 652. The van der Waals surface area contributed by atoms with Gasteiger partial charge >= 0.3 is 0 Å². The fraction of sp³-hybridized carbons (Fsp3) is 0.438. The van der Waals surface area contributed by atoms with Gasteiger partial charge in [-0.3, -0.25) is 9.78 Å². The second-order valence-corrected chi connectivity index (χ2v) is 5.72. The number of anilines is 1. The summed E-state index contributed by atoms with van der Waals surface area (Å²) in [5.74, 6) is 0.572. The van der Waals surface area contributed by atoms with Crippen molar-refractivity contribution in [3.8, 4) is 0 Å². The standard InChI is InChI=1S/C16H21N5O/c1-12-10-15(17)21(19-12)11-16(22)20-9-5-3-7-14(20)13-6-2-4-8-18-13/h2,4,6,8,10,14H,3,5,7,9,11,17H2,1H3. The fourth-order valence-corrected chi connectivity index (χ4v) is 3.02. The summed E-state index contributed by atoms with van der Waals surface area (Å²) < 4.78 is 1.57. The van der Waals surface area contributed by atoms with Crippen LogP contribution in [0.5, 0.6) is 0 Å². The topological polar surface area (TPSA) is 77.0 Å². The van der Waals surface area contributed by atoms with E-state index in [9.17, 15) is 4.79 Å². The summed E-state index contributed by atoms with van der Waals surface area (Å²) in [6.45, 7) is 2.82. The van der Waals surface area contributed by atoms with E-state index in [1.807, 2.05) is 30.0 Å². The molecule has 2 N–H and O–H groups in total. The van der Waals surface area contributed by atoms with Crippen LogP contribution in [-0.2, 0) is 11.3 Å². The molecule has 1 saturated heterocycles. The maximum Gasteiger partial charge on any atom is 0.244 e. The number of aryl methyl sites for hydroxylation is 1. The van der Waals surface area contributed by atoms with Gasteiger partial charge in [-0.1, -0.05) is 6.07 Å². The predicted molar refractivity (Wildman–Crippen MR) is 83.9 cm³/mol. The summed E-state index contributed by atoms with van der Waals surface area (Å²) in [6, 6.07) is 7.68. The van der Waals surface area contributed by atoms with Crippen LogP contribution in [0.3, 0.4) is 0 Å². The molecular formula is C16H21N5O. The zero-order valence-corrected chi connectivity index (χ0v) is 12.8. The molecule has 0 bridgehead atoms. The number of hydrogen-bond acceptors (Lipinski definition) is 4. The summed E-state index contributed by atoms with van der Waals surface area (Å²) in [4.78, 5) is 19.0. The van der Waals surface area contributed by atoms with Crippen LogP contribution in [-0.4, -0.2) is 32.1 Å². The minimum atomic E-state index is 0.0464. The number of carbonyl (C=O) groups is 1. The van der Waals surface area contributed by atoms with Crippen molar-refractivity contribution in [2.24, 2.45) is 0 Å². The van der Waals surface area contributed by atoms with Gasteiger partial charge in [0.1, 0.15) is 12.4 Å². The third-order valence-corrected chi connectivity index (χ3v) is 4.07. The van der Waals surface area contributed by atoms with Gasteiger partial charge in [0.2, 0.25) is 5.91 Å². The van der Waals surface area contributed by atoms with Crippen molar-refractivity contribution in [2.45, 2.75) is 38.8 Å². The van der Waals surface area contributed by atoms with E-state index in [1.165, 1.54) is 0 Å². The molecule has 1 aliphatic heterocycles. The lowest BCUT2D eigenvalue weighted by Gasteiger charge is -2.35. The van der Waals surface area contributed by atoms with Crippen LogP contribution >= 0.6 is 0 Å². The van der Waals surface area contributed by atoms with Gasteiger partial charge in [0.15, 0.2) is 0 Å². The van der Waals surface area contributed by atoms with E-state index in [-0.39, 0.29) is 18.5 Å². The minimum Gasteiger partial charge on any atom is -0.384 e. The first-order valence-electron chi connectivity index (χ1n) is 7.65. The molecule has 0 aromatic carbocycles. The van der Waals surface area contributed by atoms with Gasteiger partial charge in [0, 0.05) is 18.8 Å². The van der Waals surface area contributed by atoms with Crippen molar-refractivity contribution < 1.29 is 4.79 Å². The second-order valence-electron chi connectivity index (χ2n) is 5.72. The van der Waals surface area contributed by atoms with Gasteiger partial charge < -0.3 is 10.6 Å². The van der Waals surface area contributed by atoms with Crippen molar-refractivity contribution in [1.29, 1.82) is 0 Å². The molecule has 1 amide bonds. The number of pyridine rings is 1. The average molecular weight is 299 g/mol. The third kappa shape index (κ3) is 2.95. The van der Waals surface area contributed by atoms with Crippen molar-refractivity contribution in [2.75, 3.05) is 12.3 Å². The van der Waals surface area contributed by atoms with E-state index in [0.717, 1.165) is 37.2 Å². The number of piperidine rings is 1. The molecule has 0 aliphatic carbocycles. The Balaban J connectivity index is 1.78. The van der Waals surface area contributed by atoms with E-state index in [2.05, 4.69) is 10.1 Å². The van der Waals surface area contributed by atoms with Crippen molar-refractivity contribution in [3.05, 3.63) is 41.9 Å². The summed E-state index contributed by atoms with van der Waals surface area (Å²) in [6.07, 6.45) is 4.88. The zero-order valence-electron chi connectivity index (χ0n) is 12.8. The van der Waals surface area contributed by atoms with Crippen LogP contribution < -0.4 is 5.73 Å². The lowest BCUT2D eigenvalue weighted by atomic mass is 9.98. The molecule has 3 heterocycles. The predicted octanol–water partition coefficient (Wildman–Crippen LogP) is 1.92. The number of nitrogens with two attached hydrogens (primary N) is 1. The van der Waals surface area contributed by atoms with Crippen molar-refractivity contribution in [3.63, 3.8) is 0 Å². The molecule has 0 spiro atoms. The Labute approximate surface area is 129 Å². The van der Waals surface area contributed by atoms with E-state index in [1.54, 1.807) is 16.9 Å². The largest absolute Gasteiger partial charge is 0.384 e. The SMILES string of the molecule is Cc1cc(N)n(CC(=O)N2CCCCC2c2ccccn2)n1. The maximum absolute atomic E-state index is 12.7. The summed E-state index contributed by atoms with van der Waals surface area (Å²) in [5.41, 5.74) is 7.67. The van der Waals surface area contributed by atoms with Gasteiger partial charge in [-0.15, -0.1) is 0 Å². The molecule has 2 aromatic heterocycles. The number of aromatic nitrogens is 3. The molecule has 0 saturated carbocycles. The van der Waals surface area contributed by atoms with Gasteiger partial charge in [-0.2, -0.15) is 5.10 Å². The lowest BCUT2D eigenvalue weighted by Crippen LogP contribution is -2.40. The first kappa shape index (κ1) is 14.6. The zero-order chi connectivity index (χ0) is 15.5. The molecule has 3 rings (SSSR count). The molecule has 0 radical (unpaired) electrons. The van der Waals surface area contributed by atoms with E-state index in [4.69, 9.17) is 5.73 Å². The van der Waals surface area contributed by atoms with Gasteiger partial charge in [0.05, 0.1) is 17.4 Å². The monoisotopic (exact) mass is 299 g/mol. The van der Waals surface area contributed by atoms with Crippen LogP contribution in [0, 0.1) is 6.92 Å². The average Bonchev–Trinajstić information content (AvgIpc) is 2.85. The van der Waals surface area contributed by atoms with E-state index >= 15 is 0 Å². The number of amides is 1. The van der Waals surface area contributed by atoms with E-state index in [0.29, 0.717) is 5.82 Å². The number of nitrogens with zero attached hydrogens (tertiary/aromatic N) is 4. The Morgan fingerprint density at radius 1 is 1.41 bits per heavy atom. The van der Waals surface area contributed by atoms with Gasteiger partial charge in [0.25, 0.3) is 0 Å².